The van der Waals surface area contributed by atoms with Gasteiger partial charge in [0.2, 0.25) is 0 Å². The zero-order valence-corrected chi connectivity index (χ0v) is 15.3. The van der Waals surface area contributed by atoms with Gasteiger partial charge >= 0.3 is 5.97 Å². The number of halogens is 2. The molecule has 2 N–H and O–H groups in total. The number of anilines is 1. The third kappa shape index (κ3) is 2.86. The van der Waals surface area contributed by atoms with Gasteiger partial charge in [-0.05, 0) is 30.3 Å². The summed E-state index contributed by atoms with van der Waals surface area (Å²) in [7, 11) is 0. The Morgan fingerprint density at radius 3 is 2.64 bits per heavy atom. The largest absolute Gasteiger partial charge is 0.458 e. The molecule has 0 aliphatic heterocycles. The highest BCUT2D eigenvalue weighted by atomic mass is 35.5. The van der Waals surface area contributed by atoms with Crippen molar-refractivity contribution in [3.63, 3.8) is 0 Å². The summed E-state index contributed by atoms with van der Waals surface area (Å²) in [6.45, 7) is 3.55. The van der Waals surface area contributed by atoms with Crippen molar-refractivity contribution in [1.82, 2.24) is 14.5 Å². The standard InChI is InChI=1S/C20H14ClFN4O2/c1-2-9-28-20(27)16-17-19(25-15-6-4-3-5-14(15)24-17)26(18(16)23)11-7-8-13(22)12(21)10-11/h2-8,10H,1,9,23H2. The number of esters is 1. The van der Waals surface area contributed by atoms with Crippen molar-refractivity contribution >= 4 is 45.6 Å². The Bertz CT molecular complexity index is 1250. The van der Waals surface area contributed by atoms with Gasteiger partial charge in [0, 0.05) is 0 Å². The Morgan fingerprint density at radius 2 is 1.96 bits per heavy atom. The fourth-order valence-electron chi connectivity index (χ4n) is 2.96. The fourth-order valence-corrected chi connectivity index (χ4v) is 3.13. The number of para-hydroxylation sites is 2. The first-order chi connectivity index (χ1) is 13.5. The number of benzene rings is 2. The first-order valence-corrected chi connectivity index (χ1v) is 8.69. The van der Waals surface area contributed by atoms with Crippen LogP contribution < -0.4 is 5.73 Å². The predicted octanol–water partition coefficient (Wildman–Crippen LogP) is 4.29. The van der Waals surface area contributed by atoms with Crippen LogP contribution in [0.15, 0.2) is 55.1 Å². The lowest BCUT2D eigenvalue weighted by atomic mass is 10.2. The van der Waals surface area contributed by atoms with E-state index in [1.165, 1.54) is 28.8 Å². The maximum atomic E-state index is 13.6. The number of hydrogen-bond acceptors (Lipinski definition) is 5. The number of carbonyl (C=O) groups excluding carboxylic acids is 1. The smallest absolute Gasteiger partial charge is 0.344 e. The minimum atomic E-state index is -0.654. The number of fused-ring (bicyclic) bond motifs is 2. The van der Waals surface area contributed by atoms with E-state index in [1.54, 1.807) is 12.1 Å². The Hall–Kier alpha value is -3.45. The van der Waals surface area contributed by atoms with Crippen LogP contribution in [0, 0.1) is 5.82 Å². The number of ether oxygens (including phenoxy) is 1. The van der Waals surface area contributed by atoms with Gasteiger partial charge in [0.25, 0.3) is 0 Å². The predicted molar refractivity (Wildman–Crippen MR) is 106 cm³/mol. The second-order valence-electron chi connectivity index (χ2n) is 5.97. The number of hydrogen-bond donors (Lipinski definition) is 1. The van der Waals surface area contributed by atoms with Crippen molar-refractivity contribution in [2.24, 2.45) is 0 Å². The van der Waals surface area contributed by atoms with Crippen LogP contribution in [0.25, 0.3) is 27.9 Å². The Balaban J connectivity index is 2.06. The molecule has 0 unspecified atom stereocenters. The van der Waals surface area contributed by atoms with Crippen LogP contribution in [-0.2, 0) is 4.74 Å². The van der Waals surface area contributed by atoms with Crippen molar-refractivity contribution in [2.75, 3.05) is 12.3 Å². The van der Waals surface area contributed by atoms with E-state index in [0.29, 0.717) is 22.4 Å². The van der Waals surface area contributed by atoms with Crippen LogP contribution in [0.2, 0.25) is 5.02 Å². The Kier molecular flexibility index (Phi) is 4.44. The molecule has 140 valence electrons. The van der Waals surface area contributed by atoms with Gasteiger partial charge < -0.3 is 10.5 Å². The van der Waals surface area contributed by atoms with Gasteiger partial charge in [0.1, 0.15) is 29.3 Å². The number of rotatable bonds is 4. The lowest BCUT2D eigenvalue weighted by molar-refractivity contribution is 0.0553. The summed E-state index contributed by atoms with van der Waals surface area (Å²) in [5, 5.41) is -0.0803. The maximum Gasteiger partial charge on any atom is 0.344 e. The van der Waals surface area contributed by atoms with E-state index >= 15 is 0 Å². The number of nitrogens with zero attached hydrogens (tertiary/aromatic N) is 3. The lowest BCUT2D eigenvalue weighted by Gasteiger charge is -2.08. The van der Waals surface area contributed by atoms with E-state index in [0.717, 1.165) is 0 Å². The van der Waals surface area contributed by atoms with E-state index < -0.39 is 11.8 Å². The summed E-state index contributed by atoms with van der Waals surface area (Å²) >= 11 is 5.93. The summed E-state index contributed by atoms with van der Waals surface area (Å²) in [4.78, 5) is 21.8. The molecule has 4 rings (SSSR count). The second kappa shape index (κ2) is 6.94. The average Bonchev–Trinajstić information content (AvgIpc) is 2.97. The molecule has 0 spiro atoms. The van der Waals surface area contributed by atoms with E-state index in [-0.39, 0.29) is 28.5 Å². The SMILES string of the molecule is C=CCOC(=O)c1c(N)n(-c2ccc(F)c(Cl)c2)c2nc3ccccc3nc12. The molecule has 4 aromatic rings. The van der Waals surface area contributed by atoms with Crippen molar-refractivity contribution in [2.45, 2.75) is 0 Å². The maximum absolute atomic E-state index is 13.6. The zero-order chi connectivity index (χ0) is 19.8. The second-order valence-corrected chi connectivity index (χ2v) is 6.37. The summed E-state index contributed by atoms with van der Waals surface area (Å²) in [6, 6.07) is 11.3. The molecular formula is C20H14ClFN4O2. The summed E-state index contributed by atoms with van der Waals surface area (Å²) in [5.41, 5.74) is 8.65. The topological polar surface area (TPSA) is 83.0 Å². The van der Waals surface area contributed by atoms with Crippen LogP contribution in [0.4, 0.5) is 10.2 Å². The van der Waals surface area contributed by atoms with Crippen molar-refractivity contribution in [3.05, 3.63) is 71.5 Å². The van der Waals surface area contributed by atoms with Gasteiger partial charge in [-0.3, -0.25) is 4.57 Å². The summed E-state index contributed by atoms with van der Waals surface area (Å²) < 4.78 is 20.3. The fraction of sp³-hybridized carbons (Fsp3) is 0.0500. The number of aromatic nitrogens is 3. The Labute approximate surface area is 164 Å². The van der Waals surface area contributed by atoms with Gasteiger partial charge in [0.05, 0.1) is 21.7 Å². The quantitative estimate of drug-likeness (QED) is 0.411. The van der Waals surface area contributed by atoms with E-state index in [2.05, 4.69) is 16.5 Å². The highest BCUT2D eigenvalue weighted by Gasteiger charge is 2.26. The molecule has 0 saturated carbocycles. The first-order valence-electron chi connectivity index (χ1n) is 8.31. The first kappa shape index (κ1) is 17.9. The van der Waals surface area contributed by atoms with E-state index in [1.807, 2.05) is 12.1 Å². The van der Waals surface area contributed by atoms with Crippen molar-refractivity contribution in [3.8, 4) is 5.69 Å². The summed E-state index contributed by atoms with van der Waals surface area (Å²) in [5.74, 6) is -1.15. The zero-order valence-electron chi connectivity index (χ0n) is 14.5. The molecule has 6 nitrogen and oxygen atoms in total. The molecule has 0 aliphatic carbocycles. The molecule has 0 amide bonds. The average molecular weight is 397 g/mol. The number of carbonyl (C=O) groups is 1. The van der Waals surface area contributed by atoms with Crippen LogP contribution in [-0.4, -0.2) is 27.1 Å². The molecule has 0 atom stereocenters. The van der Waals surface area contributed by atoms with Gasteiger partial charge in [-0.1, -0.05) is 36.4 Å². The lowest BCUT2D eigenvalue weighted by Crippen LogP contribution is -2.09. The molecule has 2 aromatic heterocycles. The van der Waals surface area contributed by atoms with Crippen molar-refractivity contribution < 1.29 is 13.9 Å². The minimum Gasteiger partial charge on any atom is -0.458 e. The Morgan fingerprint density at radius 1 is 1.25 bits per heavy atom. The van der Waals surface area contributed by atoms with Crippen LogP contribution >= 0.6 is 11.6 Å². The van der Waals surface area contributed by atoms with Crippen LogP contribution in [0.1, 0.15) is 10.4 Å². The molecular weight excluding hydrogens is 383 g/mol. The molecule has 0 radical (unpaired) electrons. The molecule has 0 bridgehead atoms. The van der Waals surface area contributed by atoms with Crippen LogP contribution in [0.5, 0.6) is 0 Å². The monoisotopic (exact) mass is 396 g/mol. The summed E-state index contributed by atoms with van der Waals surface area (Å²) in [6.07, 6.45) is 1.45. The third-order valence-electron chi connectivity index (χ3n) is 4.20. The van der Waals surface area contributed by atoms with E-state index in [4.69, 9.17) is 22.1 Å². The van der Waals surface area contributed by atoms with Gasteiger partial charge in [-0.2, -0.15) is 0 Å². The minimum absolute atomic E-state index is 0.0222. The van der Waals surface area contributed by atoms with Crippen molar-refractivity contribution in [1.29, 1.82) is 0 Å². The number of nitrogens with two attached hydrogens (primary N) is 1. The highest BCUT2D eigenvalue weighted by Crippen LogP contribution is 2.32. The van der Waals surface area contributed by atoms with Crippen LogP contribution in [0.3, 0.4) is 0 Å². The molecule has 0 fully saturated rings. The van der Waals surface area contributed by atoms with Gasteiger partial charge in [-0.25, -0.2) is 19.2 Å². The highest BCUT2D eigenvalue weighted by molar-refractivity contribution is 6.31. The molecule has 0 saturated heterocycles. The van der Waals surface area contributed by atoms with Gasteiger partial charge in [-0.15, -0.1) is 0 Å². The molecule has 2 heterocycles. The molecule has 0 aliphatic rings. The normalized spacial score (nSPS) is 11.1. The molecule has 2 aromatic carbocycles. The van der Waals surface area contributed by atoms with E-state index in [9.17, 15) is 9.18 Å². The third-order valence-corrected chi connectivity index (χ3v) is 4.49. The van der Waals surface area contributed by atoms with Gasteiger partial charge in [0.15, 0.2) is 5.65 Å². The number of nitrogen functional groups attached to an aromatic ring is 1. The molecule has 8 heteroatoms. The molecule has 28 heavy (non-hydrogen) atoms.